The number of carbonyl (C=O) groups is 1. The van der Waals surface area contributed by atoms with Gasteiger partial charge in [0.15, 0.2) is 0 Å². The lowest BCUT2D eigenvalue weighted by Crippen LogP contribution is -2.40. The lowest BCUT2D eigenvalue weighted by molar-refractivity contribution is -0.127. The van der Waals surface area contributed by atoms with Crippen LogP contribution < -0.4 is 5.32 Å². The molecule has 1 saturated carbocycles. The summed E-state index contributed by atoms with van der Waals surface area (Å²) in [5, 5.41) is 13.4. The standard InChI is InChI=1S/C16H18N2O2S/c19-13-8-4-1-5-10(13)9-14-15(20)18-12-7-3-2-6-11(12)17-16(18)21-14/h1,4-5,8-9,11-12,16-17,19H,2-3,6-7H2. The summed E-state index contributed by atoms with van der Waals surface area (Å²) in [7, 11) is 0. The molecule has 1 amide bonds. The van der Waals surface area contributed by atoms with Crippen LogP contribution in [0, 0.1) is 0 Å². The number of nitrogens with one attached hydrogen (secondary N) is 1. The van der Waals surface area contributed by atoms with E-state index in [0.717, 1.165) is 11.3 Å². The predicted octanol–water partition coefficient (Wildman–Crippen LogP) is 2.51. The molecule has 2 saturated heterocycles. The normalized spacial score (nSPS) is 33.3. The monoisotopic (exact) mass is 302 g/mol. The van der Waals surface area contributed by atoms with Gasteiger partial charge in [0, 0.05) is 17.6 Å². The number of benzene rings is 1. The quantitative estimate of drug-likeness (QED) is 0.783. The van der Waals surface area contributed by atoms with Gasteiger partial charge in [-0.1, -0.05) is 42.8 Å². The maximum absolute atomic E-state index is 12.7. The van der Waals surface area contributed by atoms with Gasteiger partial charge in [0.1, 0.15) is 11.2 Å². The Morgan fingerprint density at radius 3 is 2.95 bits per heavy atom. The minimum Gasteiger partial charge on any atom is -0.507 e. The number of thioether (sulfide) groups is 1. The van der Waals surface area contributed by atoms with Crippen LogP contribution in [0.1, 0.15) is 31.2 Å². The van der Waals surface area contributed by atoms with Crippen LogP contribution in [-0.4, -0.2) is 33.5 Å². The molecular formula is C16H18N2O2S. The Hall–Kier alpha value is -1.46. The van der Waals surface area contributed by atoms with Gasteiger partial charge in [-0.25, -0.2) is 0 Å². The molecule has 0 radical (unpaired) electrons. The number of amides is 1. The predicted molar refractivity (Wildman–Crippen MR) is 83.5 cm³/mol. The Kier molecular flexibility index (Phi) is 3.19. The Morgan fingerprint density at radius 1 is 1.29 bits per heavy atom. The van der Waals surface area contributed by atoms with Crippen LogP contribution in [0.15, 0.2) is 29.2 Å². The van der Waals surface area contributed by atoms with Crippen LogP contribution in [0.3, 0.4) is 0 Å². The van der Waals surface area contributed by atoms with Crippen LogP contribution in [0.2, 0.25) is 0 Å². The largest absolute Gasteiger partial charge is 0.507 e. The molecule has 110 valence electrons. The summed E-state index contributed by atoms with van der Waals surface area (Å²) < 4.78 is 0. The molecule has 4 rings (SSSR count). The molecule has 1 aliphatic carbocycles. The fourth-order valence-corrected chi connectivity index (χ4v) is 4.82. The van der Waals surface area contributed by atoms with Gasteiger partial charge in [0.2, 0.25) is 0 Å². The fourth-order valence-electron chi connectivity index (χ4n) is 3.57. The molecule has 0 bridgehead atoms. The fraction of sp³-hybridized carbons (Fsp3) is 0.438. The van der Waals surface area contributed by atoms with Gasteiger partial charge < -0.3 is 10.0 Å². The van der Waals surface area contributed by atoms with Gasteiger partial charge in [0.05, 0.1) is 4.91 Å². The van der Waals surface area contributed by atoms with Gasteiger partial charge in [-0.05, 0) is 25.0 Å². The zero-order chi connectivity index (χ0) is 14.4. The summed E-state index contributed by atoms with van der Waals surface area (Å²) in [6.07, 6.45) is 6.55. The van der Waals surface area contributed by atoms with E-state index < -0.39 is 0 Å². The van der Waals surface area contributed by atoms with Crippen LogP contribution in [0.25, 0.3) is 6.08 Å². The van der Waals surface area contributed by atoms with E-state index in [0.29, 0.717) is 17.6 Å². The smallest absolute Gasteiger partial charge is 0.262 e. The Bertz CT molecular complexity index is 616. The van der Waals surface area contributed by atoms with Crippen molar-refractivity contribution < 1.29 is 9.90 Å². The average Bonchev–Trinajstić information content (AvgIpc) is 2.99. The highest BCUT2D eigenvalue weighted by molar-refractivity contribution is 8.05. The molecule has 3 atom stereocenters. The number of carbonyl (C=O) groups excluding carboxylic acids is 1. The number of hydrogen-bond donors (Lipinski definition) is 2. The van der Waals surface area contributed by atoms with Crippen molar-refractivity contribution in [1.82, 2.24) is 10.2 Å². The average molecular weight is 302 g/mol. The molecule has 2 heterocycles. The highest BCUT2D eigenvalue weighted by atomic mass is 32.2. The number of para-hydroxylation sites is 1. The van der Waals surface area contributed by atoms with E-state index in [1.54, 1.807) is 30.0 Å². The zero-order valence-electron chi connectivity index (χ0n) is 11.7. The van der Waals surface area contributed by atoms with Crippen molar-refractivity contribution in [3.63, 3.8) is 0 Å². The third-order valence-corrected chi connectivity index (χ3v) is 5.74. The van der Waals surface area contributed by atoms with Crippen molar-refractivity contribution in [3.05, 3.63) is 34.7 Å². The first-order valence-electron chi connectivity index (χ1n) is 7.49. The van der Waals surface area contributed by atoms with E-state index in [4.69, 9.17) is 0 Å². The van der Waals surface area contributed by atoms with Gasteiger partial charge >= 0.3 is 0 Å². The SMILES string of the molecule is O=C1C(=Cc2ccccc2O)SC2NC3CCCCC3N12. The molecule has 4 nitrogen and oxygen atoms in total. The van der Waals surface area contributed by atoms with Crippen molar-refractivity contribution in [1.29, 1.82) is 0 Å². The number of phenols is 1. The van der Waals surface area contributed by atoms with Crippen LogP contribution in [0.5, 0.6) is 5.75 Å². The molecule has 2 N–H and O–H groups in total. The summed E-state index contributed by atoms with van der Waals surface area (Å²) >= 11 is 1.57. The van der Waals surface area contributed by atoms with Gasteiger partial charge in [-0.15, -0.1) is 0 Å². The minimum atomic E-state index is 0.0719. The van der Waals surface area contributed by atoms with E-state index in [2.05, 4.69) is 5.32 Å². The van der Waals surface area contributed by atoms with Crippen LogP contribution in [-0.2, 0) is 4.79 Å². The lowest BCUT2D eigenvalue weighted by Gasteiger charge is -2.29. The second kappa shape index (κ2) is 5.07. The Labute approximate surface area is 128 Å². The number of nitrogens with zero attached hydrogens (tertiary/aromatic N) is 1. The Balaban J connectivity index is 1.61. The zero-order valence-corrected chi connectivity index (χ0v) is 12.5. The third kappa shape index (κ3) is 2.15. The molecule has 3 unspecified atom stereocenters. The maximum Gasteiger partial charge on any atom is 0.262 e. The first-order chi connectivity index (χ1) is 10.2. The number of fused-ring (bicyclic) bond motifs is 3. The first kappa shape index (κ1) is 13.2. The van der Waals surface area contributed by atoms with Gasteiger partial charge in [0.25, 0.3) is 5.91 Å². The number of rotatable bonds is 1. The summed E-state index contributed by atoms with van der Waals surface area (Å²) in [5.74, 6) is 0.323. The second-order valence-corrected chi connectivity index (χ2v) is 7.00. The van der Waals surface area contributed by atoms with E-state index in [-0.39, 0.29) is 17.2 Å². The van der Waals surface area contributed by atoms with Crippen LogP contribution >= 0.6 is 11.8 Å². The van der Waals surface area contributed by atoms with Gasteiger partial charge in [-0.2, -0.15) is 0 Å². The summed E-state index contributed by atoms with van der Waals surface area (Å²) in [5.41, 5.74) is 0.775. The highest BCUT2D eigenvalue weighted by Gasteiger charge is 2.49. The minimum absolute atomic E-state index is 0.0719. The molecule has 3 fully saturated rings. The molecule has 5 heteroatoms. The first-order valence-corrected chi connectivity index (χ1v) is 8.37. The summed E-state index contributed by atoms with van der Waals surface area (Å²) in [6, 6.07) is 7.94. The third-order valence-electron chi connectivity index (χ3n) is 4.60. The summed E-state index contributed by atoms with van der Waals surface area (Å²) in [4.78, 5) is 15.4. The maximum atomic E-state index is 12.7. The Morgan fingerprint density at radius 2 is 2.10 bits per heavy atom. The van der Waals surface area contributed by atoms with Crippen LogP contribution in [0.4, 0.5) is 0 Å². The lowest BCUT2D eigenvalue weighted by atomic mass is 9.91. The summed E-state index contributed by atoms with van der Waals surface area (Å²) in [6.45, 7) is 0. The van der Waals surface area contributed by atoms with Crippen molar-refractivity contribution in [3.8, 4) is 5.75 Å². The number of aromatic hydroxyl groups is 1. The molecule has 3 aliphatic rings. The van der Waals surface area contributed by atoms with Crippen molar-refractivity contribution in [2.75, 3.05) is 0 Å². The molecule has 1 aromatic carbocycles. The van der Waals surface area contributed by atoms with Crippen molar-refractivity contribution in [2.45, 2.75) is 43.3 Å². The van der Waals surface area contributed by atoms with Crippen molar-refractivity contribution in [2.24, 2.45) is 0 Å². The van der Waals surface area contributed by atoms with E-state index in [1.165, 1.54) is 19.3 Å². The highest BCUT2D eigenvalue weighted by Crippen LogP contribution is 2.44. The van der Waals surface area contributed by atoms with E-state index >= 15 is 0 Å². The molecule has 0 aromatic heterocycles. The van der Waals surface area contributed by atoms with Gasteiger partial charge in [-0.3, -0.25) is 10.1 Å². The molecule has 0 spiro atoms. The van der Waals surface area contributed by atoms with E-state index in [1.807, 2.05) is 17.0 Å². The molecular weight excluding hydrogens is 284 g/mol. The van der Waals surface area contributed by atoms with E-state index in [9.17, 15) is 9.90 Å². The van der Waals surface area contributed by atoms with Crippen molar-refractivity contribution >= 4 is 23.7 Å². The molecule has 21 heavy (non-hydrogen) atoms. The second-order valence-electron chi connectivity index (χ2n) is 5.88. The molecule has 1 aromatic rings. The topological polar surface area (TPSA) is 52.6 Å². The number of hydrogen-bond acceptors (Lipinski definition) is 4. The number of phenolic OH excluding ortho intramolecular Hbond substituents is 1. The molecule has 2 aliphatic heterocycles.